The van der Waals surface area contributed by atoms with Gasteiger partial charge in [-0.15, -0.1) is 0 Å². The molecule has 0 aliphatic heterocycles. The smallest absolute Gasteiger partial charge is 0.0625 e. The first-order valence-corrected chi connectivity index (χ1v) is 4.68. The Labute approximate surface area is 85.0 Å². The Hall–Kier alpha value is -1.81. The van der Waals surface area contributed by atoms with Crippen molar-refractivity contribution in [3.05, 3.63) is 54.1 Å². The van der Waals surface area contributed by atoms with E-state index in [0.717, 1.165) is 6.42 Å². The predicted molar refractivity (Wildman–Crippen MR) is 59.5 cm³/mol. The molecule has 0 aromatic heterocycles. The first-order valence-electron chi connectivity index (χ1n) is 4.68. The summed E-state index contributed by atoms with van der Waals surface area (Å²) >= 11 is 0. The molecule has 0 saturated heterocycles. The zero-order valence-electron chi connectivity index (χ0n) is 8.06. The maximum absolute atomic E-state index is 8.30. The average Bonchev–Trinajstić information content (AvgIpc) is 2.25. The fourth-order valence-corrected chi connectivity index (χ4v) is 1.05. The molecule has 70 valence electrons. The molecule has 0 unspecified atom stereocenters. The average molecular weight is 183 g/mol. The quantitative estimate of drug-likeness (QED) is 0.517. The van der Waals surface area contributed by atoms with E-state index in [1.165, 1.54) is 5.56 Å². The van der Waals surface area contributed by atoms with Gasteiger partial charge in [-0.25, -0.2) is 0 Å². The molecule has 1 rings (SSSR count). The van der Waals surface area contributed by atoms with Gasteiger partial charge in [-0.3, -0.25) is 0 Å². The van der Waals surface area contributed by atoms with Crippen molar-refractivity contribution >= 4 is 6.08 Å². The van der Waals surface area contributed by atoms with E-state index < -0.39 is 0 Å². The minimum atomic E-state index is 0.593. The number of hydrogen-bond donors (Lipinski definition) is 0. The molecule has 1 nitrogen and oxygen atoms in total. The van der Waals surface area contributed by atoms with E-state index in [1.807, 2.05) is 42.5 Å². The maximum Gasteiger partial charge on any atom is 0.0625 e. The van der Waals surface area contributed by atoms with Gasteiger partial charge in [0.05, 0.1) is 6.07 Å². The standard InChI is InChI=1S/C13H13N/c14-12-8-3-1-2-5-9-13-10-6-4-7-11-13/h1-2,4-7,9-11H,3,8H2/b2-1+,9-5-. The number of hydrogen-bond acceptors (Lipinski definition) is 1. The van der Waals surface area contributed by atoms with Crippen LogP contribution in [-0.4, -0.2) is 0 Å². The second-order valence-electron chi connectivity index (χ2n) is 2.89. The molecule has 0 atom stereocenters. The van der Waals surface area contributed by atoms with Crippen LogP contribution < -0.4 is 0 Å². The highest BCUT2D eigenvalue weighted by Crippen LogP contribution is 2.01. The Kier molecular flexibility index (Phi) is 4.90. The topological polar surface area (TPSA) is 23.8 Å². The van der Waals surface area contributed by atoms with Crippen molar-refractivity contribution in [3.8, 4) is 6.07 Å². The monoisotopic (exact) mass is 183 g/mol. The van der Waals surface area contributed by atoms with E-state index in [2.05, 4.69) is 18.2 Å². The molecule has 0 amide bonds. The molecule has 0 saturated carbocycles. The van der Waals surface area contributed by atoms with Gasteiger partial charge in [-0.05, 0) is 12.0 Å². The number of benzene rings is 1. The zero-order chi connectivity index (χ0) is 10.1. The Morgan fingerprint density at radius 3 is 2.64 bits per heavy atom. The van der Waals surface area contributed by atoms with Crippen LogP contribution in [0.3, 0.4) is 0 Å². The molecule has 0 radical (unpaired) electrons. The molecule has 0 fully saturated rings. The Balaban J connectivity index is 2.35. The summed E-state index contributed by atoms with van der Waals surface area (Å²) in [5, 5.41) is 8.30. The van der Waals surface area contributed by atoms with Crippen LogP contribution >= 0.6 is 0 Å². The van der Waals surface area contributed by atoms with Gasteiger partial charge in [-0.2, -0.15) is 5.26 Å². The van der Waals surface area contributed by atoms with Crippen LogP contribution in [0.1, 0.15) is 18.4 Å². The number of allylic oxidation sites excluding steroid dienone is 3. The van der Waals surface area contributed by atoms with Crippen molar-refractivity contribution in [1.82, 2.24) is 0 Å². The van der Waals surface area contributed by atoms with Gasteiger partial charge in [0.15, 0.2) is 0 Å². The van der Waals surface area contributed by atoms with E-state index in [0.29, 0.717) is 6.42 Å². The van der Waals surface area contributed by atoms with Crippen molar-refractivity contribution in [1.29, 1.82) is 5.26 Å². The van der Waals surface area contributed by atoms with Crippen molar-refractivity contribution in [2.45, 2.75) is 12.8 Å². The highest BCUT2D eigenvalue weighted by molar-refractivity contribution is 5.50. The highest BCUT2D eigenvalue weighted by Gasteiger charge is 1.79. The third kappa shape index (κ3) is 4.27. The van der Waals surface area contributed by atoms with Crippen molar-refractivity contribution < 1.29 is 0 Å². The molecule has 1 aromatic carbocycles. The number of unbranched alkanes of at least 4 members (excludes halogenated alkanes) is 1. The fraction of sp³-hybridized carbons (Fsp3) is 0.154. The lowest BCUT2D eigenvalue weighted by Crippen LogP contribution is -1.67. The molecular formula is C13H13N. The van der Waals surface area contributed by atoms with Gasteiger partial charge < -0.3 is 0 Å². The SMILES string of the molecule is N#CCC/C=C/C=C\c1ccccc1. The van der Waals surface area contributed by atoms with E-state index in [-0.39, 0.29) is 0 Å². The molecule has 1 heteroatoms. The summed E-state index contributed by atoms with van der Waals surface area (Å²) in [5.41, 5.74) is 1.19. The maximum atomic E-state index is 8.30. The van der Waals surface area contributed by atoms with Crippen LogP contribution in [-0.2, 0) is 0 Å². The normalized spacial score (nSPS) is 10.8. The third-order valence-electron chi connectivity index (χ3n) is 1.76. The van der Waals surface area contributed by atoms with Gasteiger partial charge in [0.1, 0.15) is 0 Å². The Morgan fingerprint density at radius 2 is 1.93 bits per heavy atom. The summed E-state index contributed by atoms with van der Waals surface area (Å²) in [4.78, 5) is 0. The zero-order valence-corrected chi connectivity index (χ0v) is 8.06. The van der Waals surface area contributed by atoms with Crippen LogP contribution in [0.2, 0.25) is 0 Å². The van der Waals surface area contributed by atoms with Gasteiger partial charge in [0.25, 0.3) is 0 Å². The fourth-order valence-electron chi connectivity index (χ4n) is 1.05. The lowest BCUT2D eigenvalue weighted by Gasteiger charge is -1.88. The molecule has 0 spiro atoms. The van der Waals surface area contributed by atoms with Crippen molar-refractivity contribution in [2.75, 3.05) is 0 Å². The first-order chi connectivity index (χ1) is 6.93. The lowest BCUT2D eigenvalue weighted by atomic mass is 10.2. The predicted octanol–water partition coefficient (Wildman–Crippen LogP) is 3.56. The molecule has 0 heterocycles. The summed E-state index contributed by atoms with van der Waals surface area (Å²) in [6, 6.07) is 12.2. The number of rotatable bonds is 4. The molecular weight excluding hydrogens is 170 g/mol. The second-order valence-corrected chi connectivity index (χ2v) is 2.89. The minimum absolute atomic E-state index is 0.593. The number of nitrogens with zero attached hydrogens (tertiary/aromatic N) is 1. The first kappa shape index (κ1) is 10.3. The van der Waals surface area contributed by atoms with Crippen LogP contribution in [0.25, 0.3) is 6.08 Å². The highest BCUT2D eigenvalue weighted by atomic mass is 14.2. The largest absolute Gasteiger partial charge is 0.198 e. The Bertz CT molecular complexity index is 341. The third-order valence-corrected chi connectivity index (χ3v) is 1.76. The lowest BCUT2D eigenvalue weighted by molar-refractivity contribution is 1.06. The van der Waals surface area contributed by atoms with Crippen LogP contribution in [0.4, 0.5) is 0 Å². The summed E-state index contributed by atoms with van der Waals surface area (Å²) < 4.78 is 0. The van der Waals surface area contributed by atoms with E-state index in [4.69, 9.17) is 5.26 Å². The summed E-state index contributed by atoms with van der Waals surface area (Å²) in [6.07, 6.45) is 9.44. The minimum Gasteiger partial charge on any atom is -0.198 e. The van der Waals surface area contributed by atoms with Gasteiger partial charge in [0.2, 0.25) is 0 Å². The van der Waals surface area contributed by atoms with Crippen LogP contribution in [0.15, 0.2) is 48.6 Å². The Morgan fingerprint density at radius 1 is 1.14 bits per heavy atom. The number of nitriles is 1. The molecule has 0 N–H and O–H groups in total. The van der Waals surface area contributed by atoms with Gasteiger partial charge in [-0.1, -0.05) is 54.6 Å². The van der Waals surface area contributed by atoms with E-state index >= 15 is 0 Å². The van der Waals surface area contributed by atoms with Gasteiger partial charge in [0, 0.05) is 6.42 Å². The second kappa shape index (κ2) is 6.68. The van der Waals surface area contributed by atoms with E-state index in [9.17, 15) is 0 Å². The van der Waals surface area contributed by atoms with Gasteiger partial charge >= 0.3 is 0 Å². The van der Waals surface area contributed by atoms with Crippen LogP contribution in [0, 0.1) is 11.3 Å². The summed E-state index contributed by atoms with van der Waals surface area (Å²) in [5.74, 6) is 0. The molecule has 0 bridgehead atoms. The molecule has 14 heavy (non-hydrogen) atoms. The van der Waals surface area contributed by atoms with Crippen molar-refractivity contribution in [2.24, 2.45) is 0 Å². The van der Waals surface area contributed by atoms with Crippen molar-refractivity contribution in [3.63, 3.8) is 0 Å². The van der Waals surface area contributed by atoms with Crippen LogP contribution in [0.5, 0.6) is 0 Å². The summed E-state index contributed by atoms with van der Waals surface area (Å²) in [7, 11) is 0. The summed E-state index contributed by atoms with van der Waals surface area (Å²) in [6.45, 7) is 0. The molecule has 0 aliphatic rings. The molecule has 1 aromatic rings. The molecule has 0 aliphatic carbocycles. The van der Waals surface area contributed by atoms with E-state index in [1.54, 1.807) is 0 Å².